The quantitative estimate of drug-likeness (QED) is 0.503. The van der Waals surface area contributed by atoms with Crippen LogP contribution in [0.15, 0.2) is 42.5 Å². The summed E-state index contributed by atoms with van der Waals surface area (Å²) < 4.78 is 1.49. The Balaban J connectivity index is 0.00000100. The Morgan fingerprint density at radius 1 is 0.875 bits per heavy atom. The van der Waals surface area contributed by atoms with Gasteiger partial charge in [-0.1, -0.05) is 43.6 Å². The van der Waals surface area contributed by atoms with E-state index in [1.54, 1.807) is 42.5 Å². The van der Waals surface area contributed by atoms with E-state index in [2.05, 4.69) is 5.10 Å². The maximum atomic E-state index is 9.22. The summed E-state index contributed by atoms with van der Waals surface area (Å²) in [6.45, 7) is 4.00. The molecule has 24 heavy (non-hydrogen) atoms. The van der Waals surface area contributed by atoms with Gasteiger partial charge in [0.1, 0.15) is 5.15 Å². The summed E-state index contributed by atoms with van der Waals surface area (Å²) in [5.74, 6) is 0. The summed E-state index contributed by atoms with van der Waals surface area (Å²) in [7, 11) is -3.11. The van der Waals surface area contributed by atoms with Crippen LogP contribution in [0.3, 0.4) is 0 Å². The third-order valence-corrected chi connectivity index (χ3v) is 3.73. The van der Waals surface area contributed by atoms with Crippen molar-refractivity contribution in [2.75, 3.05) is 0 Å². The maximum absolute atomic E-state index is 9.22. The molecule has 3 rings (SSSR count). The number of benzene rings is 2. The van der Waals surface area contributed by atoms with E-state index >= 15 is 0 Å². The molecule has 0 atom stereocenters. The van der Waals surface area contributed by atoms with E-state index < -0.39 is 14.2 Å². The number of aromatic nitrogens is 2. The molecule has 1 aromatic heterocycles. The average molecular weight is 346 g/mol. The second-order valence-electron chi connectivity index (χ2n) is 4.82. The predicted octanol–water partition coefficient (Wildman–Crippen LogP) is 0.0647. The van der Waals surface area contributed by atoms with Gasteiger partial charge in [-0.05, 0) is 35.2 Å². The average Bonchev–Trinajstić information content (AvgIpc) is 2.93. The molecule has 0 spiro atoms. The minimum absolute atomic E-state index is 0.327. The van der Waals surface area contributed by atoms with Crippen molar-refractivity contribution in [3.63, 3.8) is 0 Å². The number of hydrogen-bond donors (Lipinski definition) is 4. The molecule has 0 bridgehead atoms. The van der Waals surface area contributed by atoms with Gasteiger partial charge in [0.15, 0.2) is 0 Å². The monoisotopic (exact) mass is 346 g/mol. The lowest BCUT2D eigenvalue weighted by molar-refractivity contribution is 0.424. The highest BCUT2D eigenvalue weighted by Crippen LogP contribution is 2.25. The summed E-state index contributed by atoms with van der Waals surface area (Å²) in [4.78, 5) is 0. The normalized spacial score (nSPS) is 10.3. The summed E-state index contributed by atoms with van der Waals surface area (Å²) in [6, 6.07) is 11.2. The Morgan fingerprint density at radius 3 is 1.96 bits per heavy atom. The van der Waals surface area contributed by atoms with E-state index in [1.807, 2.05) is 13.8 Å². The molecular formula is C15H17B2ClN2O4. The first-order valence-electron chi connectivity index (χ1n) is 7.48. The Morgan fingerprint density at radius 2 is 1.42 bits per heavy atom. The first kappa shape index (κ1) is 18.5. The van der Waals surface area contributed by atoms with Crippen molar-refractivity contribution in [3.8, 4) is 5.69 Å². The first-order valence-corrected chi connectivity index (χ1v) is 7.86. The zero-order chi connectivity index (χ0) is 17.9. The Hall–Kier alpha value is -1.83. The molecule has 124 valence electrons. The van der Waals surface area contributed by atoms with Crippen LogP contribution in [0.1, 0.15) is 13.8 Å². The molecule has 6 nitrogen and oxygen atoms in total. The zero-order valence-electron chi connectivity index (χ0n) is 13.3. The van der Waals surface area contributed by atoms with Crippen LogP contribution in [0, 0.1) is 0 Å². The van der Waals surface area contributed by atoms with Crippen molar-refractivity contribution < 1.29 is 20.1 Å². The van der Waals surface area contributed by atoms with Gasteiger partial charge in [-0.2, -0.15) is 5.10 Å². The van der Waals surface area contributed by atoms with E-state index in [1.165, 1.54) is 4.68 Å². The largest absolute Gasteiger partial charge is 0.488 e. The molecular weight excluding hydrogens is 329 g/mol. The molecule has 0 fully saturated rings. The molecule has 9 heteroatoms. The van der Waals surface area contributed by atoms with Crippen LogP contribution in [0.5, 0.6) is 0 Å². The molecule has 0 saturated heterocycles. The van der Waals surface area contributed by atoms with E-state index in [-0.39, 0.29) is 0 Å². The second-order valence-corrected chi connectivity index (χ2v) is 5.18. The smallest absolute Gasteiger partial charge is 0.423 e. The second kappa shape index (κ2) is 7.83. The van der Waals surface area contributed by atoms with E-state index in [9.17, 15) is 10.0 Å². The van der Waals surface area contributed by atoms with Gasteiger partial charge in [-0.25, -0.2) is 4.68 Å². The fourth-order valence-electron chi connectivity index (χ4n) is 2.19. The molecule has 0 aliphatic heterocycles. The molecule has 0 unspecified atom stereocenters. The Kier molecular flexibility index (Phi) is 6.04. The van der Waals surface area contributed by atoms with Crippen LogP contribution in [-0.2, 0) is 0 Å². The van der Waals surface area contributed by atoms with Gasteiger partial charge < -0.3 is 20.1 Å². The number of fused-ring (bicyclic) bond motifs is 1. The first-order chi connectivity index (χ1) is 11.5. The predicted molar refractivity (Wildman–Crippen MR) is 97.1 cm³/mol. The number of rotatable bonds is 3. The van der Waals surface area contributed by atoms with Gasteiger partial charge in [0.25, 0.3) is 0 Å². The molecule has 0 aliphatic carbocycles. The van der Waals surface area contributed by atoms with Crippen LogP contribution in [0.25, 0.3) is 16.6 Å². The third kappa shape index (κ3) is 3.63. The lowest BCUT2D eigenvalue weighted by atomic mass is 9.80. The summed E-state index contributed by atoms with van der Waals surface area (Å²) >= 11 is 6.31. The van der Waals surface area contributed by atoms with Crippen LogP contribution in [-0.4, -0.2) is 44.1 Å². The molecule has 4 N–H and O–H groups in total. The fourth-order valence-corrected chi connectivity index (χ4v) is 2.48. The zero-order valence-corrected chi connectivity index (χ0v) is 14.0. The topological polar surface area (TPSA) is 98.7 Å². The van der Waals surface area contributed by atoms with Gasteiger partial charge in [-0.3, -0.25) is 0 Å². The summed E-state index contributed by atoms with van der Waals surface area (Å²) in [6.07, 6.45) is 0. The van der Waals surface area contributed by atoms with Crippen molar-refractivity contribution in [1.82, 2.24) is 9.78 Å². The summed E-state index contributed by atoms with van der Waals surface area (Å²) in [5.41, 5.74) is 1.95. The highest BCUT2D eigenvalue weighted by molar-refractivity contribution is 6.59. The van der Waals surface area contributed by atoms with Crippen LogP contribution >= 0.6 is 11.6 Å². The van der Waals surface area contributed by atoms with Crippen LogP contribution in [0.4, 0.5) is 0 Å². The maximum Gasteiger partial charge on any atom is 0.488 e. The van der Waals surface area contributed by atoms with Gasteiger partial charge in [0.05, 0.1) is 11.2 Å². The minimum atomic E-state index is -1.57. The standard InChI is InChI=1S/C13H11B2ClN2O4.C2H6/c16-13-11-7-9(15(21)22)3-6-12(11)17-18(13)10-4-1-8(2-5-10)14(19)20;1-2/h1-7,19-22H;1-2H3. The fraction of sp³-hybridized carbons (Fsp3) is 0.133. The number of hydrogen-bond acceptors (Lipinski definition) is 5. The van der Waals surface area contributed by atoms with Gasteiger partial charge in [-0.15, -0.1) is 0 Å². The highest BCUT2D eigenvalue weighted by Gasteiger charge is 2.17. The van der Waals surface area contributed by atoms with E-state index in [0.717, 1.165) is 0 Å². The number of nitrogens with zero attached hydrogens (tertiary/aromatic N) is 2. The lowest BCUT2D eigenvalue weighted by Gasteiger charge is -2.04. The Labute approximate surface area is 145 Å². The van der Waals surface area contributed by atoms with Crippen molar-refractivity contribution >= 4 is 47.7 Å². The number of halogens is 1. The summed E-state index contributed by atoms with van der Waals surface area (Å²) in [5, 5.41) is 41.9. The molecule has 3 aromatic rings. The van der Waals surface area contributed by atoms with Gasteiger partial charge >= 0.3 is 14.2 Å². The minimum Gasteiger partial charge on any atom is -0.423 e. The molecule has 0 saturated carbocycles. The van der Waals surface area contributed by atoms with Crippen molar-refractivity contribution in [2.24, 2.45) is 0 Å². The highest BCUT2D eigenvalue weighted by atomic mass is 35.5. The lowest BCUT2D eigenvalue weighted by Crippen LogP contribution is -2.29. The molecule has 2 aromatic carbocycles. The van der Waals surface area contributed by atoms with E-state index in [0.29, 0.717) is 32.7 Å². The van der Waals surface area contributed by atoms with Gasteiger partial charge in [0.2, 0.25) is 0 Å². The van der Waals surface area contributed by atoms with Crippen molar-refractivity contribution in [1.29, 1.82) is 0 Å². The molecule has 0 amide bonds. The van der Waals surface area contributed by atoms with Crippen LogP contribution in [0.2, 0.25) is 5.15 Å². The molecule has 0 radical (unpaired) electrons. The van der Waals surface area contributed by atoms with Gasteiger partial charge in [0, 0.05) is 5.39 Å². The van der Waals surface area contributed by atoms with Crippen molar-refractivity contribution in [2.45, 2.75) is 13.8 Å². The van der Waals surface area contributed by atoms with E-state index in [4.69, 9.17) is 21.6 Å². The van der Waals surface area contributed by atoms with Crippen molar-refractivity contribution in [3.05, 3.63) is 47.6 Å². The molecule has 0 aliphatic rings. The molecule has 1 heterocycles. The SMILES string of the molecule is CC.OB(O)c1ccc(-n2nc3ccc(B(O)O)cc3c2Cl)cc1. The van der Waals surface area contributed by atoms with Crippen LogP contribution < -0.4 is 10.9 Å². The third-order valence-electron chi connectivity index (χ3n) is 3.37. The Bertz CT molecular complexity index is 822.